The van der Waals surface area contributed by atoms with Crippen LogP contribution in [0.25, 0.3) is 0 Å². The van der Waals surface area contributed by atoms with Crippen LogP contribution in [0, 0.1) is 0 Å². The quantitative estimate of drug-likeness (QED) is 0.415. The van der Waals surface area contributed by atoms with Gasteiger partial charge < -0.3 is 32.9 Å². The van der Waals surface area contributed by atoms with E-state index < -0.39 is 29.3 Å². The van der Waals surface area contributed by atoms with Gasteiger partial charge in [-0.2, -0.15) is 0 Å². The summed E-state index contributed by atoms with van der Waals surface area (Å²) in [5.41, 5.74) is 0. The summed E-state index contributed by atoms with van der Waals surface area (Å²) in [4.78, 5) is 0. The standard InChI is InChI=1S/B4O7.Ba/c5-1-7-3-9-2(6)10-4(8-1)11-3;/q-2;+2. The predicted molar refractivity (Wildman–Crippen MR) is 34.2 cm³/mol. The fraction of sp³-hybridized carbons (Fsp3) is 0. The van der Waals surface area contributed by atoms with Crippen molar-refractivity contribution in [2.24, 2.45) is 0 Å². The summed E-state index contributed by atoms with van der Waals surface area (Å²) < 4.78 is 21.9. The number of hydrogen-bond donors (Lipinski definition) is 0. The van der Waals surface area contributed by atoms with Gasteiger partial charge in [-0.25, -0.2) is 0 Å². The molecule has 7 nitrogen and oxygen atoms in total. The molecule has 0 radical (unpaired) electrons. The molecule has 0 saturated carbocycles. The average Bonchev–Trinajstić information content (AvgIpc) is 1.82. The minimum absolute atomic E-state index is 0. The molecule has 0 spiro atoms. The van der Waals surface area contributed by atoms with Gasteiger partial charge in [0.2, 0.25) is 0 Å². The molecule has 12 heteroatoms. The van der Waals surface area contributed by atoms with Crippen LogP contribution in [-0.2, 0) is 22.9 Å². The SMILES string of the molecule is [Ba+2].[O-]B1OB2OB([O-])OB(O1)O2. The summed E-state index contributed by atoms with van der Waals surface area (Å²) in [5.74, 6) is 0. The van der Waals surface area contributed by atoms with E-state index in [-0.39, 0.29) is 48.9 Å². The van der Waals surface area contributed by atoms with Crippen LogP contribution in [-0.4, -0.2) is 78.2 Å². The summed E-state index contributed by atoms with van der Waals surface area (Å²) >= 11 is 0. The molecular formula is B4BaO7. The van der Waals surface area contributed by atoms with Crippen LogP contribution in [0.4, 0.5) is 0 Å². The Balaban J connectivity index is 0.000000720. The normalized spacial score (nSPS) is 22.5. The van der Waals surface area contributed by atoms with Crippen molar-refractivity contribution >= 4 is 78.2 Å². The smallest absolute Gasteiger partial charge is 0.833 e. The summed E-state index contributed by atoms with van der Waals surface area (Å²) in [6, 6.07) is 0. The van der Waals surface area contributed by atoms with Crippen LogP contribution in [0.3, 0.4) is 0 Å². The number of rotatable bonds is 0. The molecule has 0 aliphatic carbocycles. The monoisotopic (exact) mass is 294 g/mol. The predicted octanol–water partition coefficient (Wildman–Crippen LogP) is -4.62. The molecule has 0 atom stereocenters. The van der Waals surface area contributed by atoms with Crippen molar-refractivity contribution in [1.82, 2.24) is 0 Å². The maximum atomic E-state index is 10.5. The fourth-order valence-corrected chi connectivity index (χ4v) is 0.710. The Labute approximate surface area is 110 Å². The van der Waals surface area contributed by atoms with E-state index in [1.54, 1.807) is 0 Å². The third-order valence-electron chi connectivity index (χ3n) is 1.11. The zero-order chi connectivity index (χ0) is 7.84. The second kappa shape index (κ2) is 4.87. The second-order valence-corrected chi connectivity index (χ2v) is 1.84. The summed E-state index contributed by atoms with van der Waals surface area (Å²) in [6.07, 6.45) is 0. The Morgan fingerprint density at radius 1 is 0.667 bits per heavy atom. The van der Waals surface area contributed by atoms with Crippen LogP contribution in [0.15, 0.2) is 0 Å². The van der Waals surface area contributed by atoms with E-state index in [2.05, 4.69) is 22.9 Å². The van der Waals surface area contributed by atoms with Crippen molar-refractivity contribution in [3.63, 3.8) is 0 Å². The second-order valence-electron chi connectivity index (χ2n) is 1.84. The van der Waals surface area contributed by atoms with Crippen molar-refractivity contribution < 1.29 is 32.9 Å². The molecule has 0 aromatic rings. The fourth-order valence-electron chi connectivity index (χ4n) is 0.710. The van der Waals surface area contributed by atoms with Gasteiger partial charge in [0, 0.05) is 0 Å². The molecule has 0 amide bonds. The molecule has 2 saturated heterocycles. The van der Waals surface area contributed by atoms with Crippen LogP contribution in [0.5, 0.6) is 0 Å². The maximum Gasteiger partial charge on any atom is 2.00 e. The Bertz CT molecular complexity index is 121. The van der Waals surface area contributed by atoms with Crippen LogP contribution in [0.2, 0.25) is 0 Å². The maximum absolute atomic E-state index is 10.5. The van der Waals surface area contributed by atoms with E-state index in [4.69, 9.17) is 0 Å². The molecule has 2 aliphatic heterocycles. The van der Waals surface area contributed by atoms with E-state index >= 15 is 0 Å². The van der Waals surface area contributed by atoms with Gasteiger partial charge in [0.25, 0.3) is 0 Å². The molecule has 12 heavy (non-hydrogen) atoms. The largest absolute Gasteiger partial charge is 2.00 e. The third-order valence-corrected chi connectivity index (χ3v) is 1.11. The minimum atomic E-state index is -1.73. The van der Waals surface area contributed by atoms with E-state index in [1.807, 2.05) is 0 Å². The van der Waals surface area contributed by atoms with Crippen LogP contribution >= 0.6 is 0 Å². The Hall–Kier alpha value is 1.55. The first-order chi connectivity index (χ1) is 5.24. The zero-order valence-electron chi connectivity index (χ0n) is 5.87. The van der Waals surface area contributed by atoms with Crippen LogP contribution < -0.4 is 10.0 Å². The van der Waals surface area contributed by atoms with Gasteiger partial charge >= 0.3 is 78.2 Å². The Morgan fingerprint density at radius 2 is 1.00 bits per heavy atom. The van der Waals surface area contributed by atoms with E-state index in [9.17, 15) is 10.0 Å². The van der Waals surface area contributed by atoms with Gasteiger partial charge in [-0.15, -0.1) is 0 Å². The first kappa shape index (κ1) is 11.6. The molecule has 0 aromatic carbocycles. The Morgan fingerprint density at radius 3 is 1.33 bits per heavy atom. The molecule has 0 aromatic heterocycles. The van der Waals surface area contributed by atoms with Crippen molar-refractivity contribution in [3.05, 3.63) is 0 Å². The van der Waals surface area contributed by atoms with Crippen LogP contribution in [0.1, 0.15) is 0 Å². The summed E-state index contributed by atoms with van der Waals surface area (Å²) in [7, 11) is -6.00. The van der Waals surface area contributed by atoms with Crippen molar-refractivity contribution in [2.75, 3.05) is 0 Å². The first-order valence-electron chi connectivity index (χ1n) is 2.83. The van der Waals surface area contributed by atoms with Crippen molar-refractivity contribution in [2.45, 2.75) is 0 Å². The first-order valence-corrected chi connectivity index (χ1v) is 2.83. The van der Waals surface area contributed by atoms with Gasteiger partial charge in [0.1, 0.15) is 0 Å². The zero-order valence-corrected chi connectivity index (χ0v) is 10.3. The summed E-state index contributed by atoms with van der Waals surface area (Å²) in [6.45, 7) is 0. The van der Waals surface area contributed by atoms with E-state index in [0.29, 0.717) is 0 Å². The molecule has 0 N–H and O–H groups in total. The molecule has 0 unspecified atom stereocenters. The van der Waals surface area contributed by atoms with E-state index in [0.717, 1.165) is 0 Å². The molecule has 2 aliphatic rings. The van der Waals surface area contributed by atoms with Gasteiger partial charge in [-0.1, -0.05) is 0 Å². The number of hydrogen-bond acceptors (Lipinski definition) is 7. The van der Waals surface area contributed by atoms with Gasteiger partial charge in [-0.3, -0.25) is 0 Å². The Kier molecular flexibility index (Phi) is 4.71. The molecule has 56 valence electrons. The molecule has 2 rings (SSSR count). The van der Waals surface area contributed by atoms with Gasteiger partial charge in [0.15, 0.2) is 0 Å². The third kappa shape index (κ3) is 2.77. The molecule has 2 heterocycles. The van der Waals surface area contributed by atoms with Crippen molar-refractivity contribution in [3.8, 4) is 0 Å². The number of fused-ring (bicyclic) bond motifs is 2. The molecular weight excluding hydrogens is 293 g/mol. The van der Waals surface area contributed by atoms with Crippen molar-refractivity contribution in [1.29, 1.82) is 0 Å². The molecule has 2 fully saturated rings. The van der Waals surface area contributed by atoms with E-state index in [1.165, 1.54) is 0 Å². The van der Waals surface area contributed by atoms with Gasteiger partial charge in [-0.05, 0) is 0 Å². The van der Waals surface area contributed by atoms with Gasteiger partial charge in [0.05, 0.1) is 0 Å². The average molecular weight is 293 g/mol. The minimum Gasteiger partial charge on any atom is -0.833 e. The molecule has 2 bridgehead atoms. The summed E-state index contributed by atoms with van der Waals surface area (Å²) in [5, 5.41) is 21.0. The topological polar surface area (TPSA) is 92.3 Å².